The van der Waals surface area contributed by atoms with Gasteiger partial charge in [0.05, 0.1) is 33.0 Å². The lowest BCUT2D eigenvalue weighted by Crippen LogP contribution is -2.46. The Morgan fingerprint density at radius 1 is 1.27 bits per heavy atom. The van der Waals surface area contributed by atoms with E-state index in [2.05, 4.69) is 10.3 Å². The summed E-state index contributed by atoms with van der Waals surface area (Å²) in [7, 11) is 1.49. The summed E-state index contributed by atoms with van der Waals surface area (Å²) in [6, 6.07) is 5.31. The number of aliphatic imine (C=N–C) groups is 1. The zero-order valence-electron chi connectivity index (χ0n) is 17.0. The lowest BCUT2D eigenvalue weighted by atomic mass is 9.96. The molecule has 2 rings (SSSR count). The third-order valence-corrected chi connectivity index (χ3v) is 4.66. The van der Waals surface area contributed by atoms with Gasteiger partial charge in [0.15, 0.2) is 0 Å². The minimum absolute atomic E-state index is 0.138. The third kappa shape index (κ3) is 6.90. The van der Waals surface area contributed by atoms with E-state index >= 15 is 0 Å². The Bertz CT molecular complexity index is 760. The molecular weight excluding hydrogens is 394 g/mol. The number of hydrogen-bond donors (Lipinski definition) is 3. The number of aliphatic hydroxyl groups excluding tert-OH is 1. The fourth-order valence-electron chi connectivity index (χ4n) is 2.87. The van der Waals surface area contributed by atoms with Gasteiger partial charge in [0.1, 0.15) is 17.7 Å². The van der Waals surface area contributed by atoms with Crippen LogP contribution < -0.4 is 10.1 Å². The number of carboxylic acids is 1. The lowest BCUT2D eigenvalue weighted by Gasteiger charge is -2.26. The van der Waals surface area contributed by atoms with Gasteiger partial charge >= 0.3 is 5.97 Å². The molecule has 1 fully saturated rings. The first-order chi connectivity index (χ1) is 14.3. The average Bonchev–Trinajstić information content (AvgIpc) is 2.74. The van der Waals surface area contributed by atoms with Crippen molar-refractivity contribution in [2.75, 3.05) is 40.0 Å². The van der Waals surface area contributed by atoms with E-state index in [1.54, 1.807) is 12.1 Å². The Morgan fingerprint density at radius 3 is 2.47 bits per heavy atom. The summed E-state index contributed by atoms with van der Waals surface area (Å²) >= 11 is 0. The zero-order chi connectivity index (χ0) is 22.1. The molecule has 3 N–H and O–H groups in total. The minimum Gasteiger partial charge on any atom is -0.497 e. The Labute approximate surface area is 174 Å². The van der Waals surface area contributed by atoms with Crippen molar-refractivity contribution in [1.29, 1.82) is 0 Å². The monoisotopic (exact) mass is 421 g/mol. The van der Waals surface area contributed by atoms with Crippen LogP contribution in [-0.4, -0.2) is 85.1 Å². The molecule has 164 valence electrons. The molecule has 2 amide bonds. The normalized spacial score (nSPS) is 17.8. The maximum Gasteiger partial charge on any atom is 0.314 e. The van der Waals surface area contributed by atoms with Crippen LogP contribution in [0.3, 0.4) is 0 Å². The lowest BCUT2D eigenvalue weighted by molar-refractivity contribution is -0.142. The first-order valence-electron chi connectivity index (χ1n) is 9.54. The molecule has 10 heteroatoms. The van der Waals surface area contributed by atoms with Crippen LogP contribution in [0.1, 0.15) is 18.6 Å². The van der Waals surface area contributed by atoms with Crippen LogP contribution in [0.4, 0.5) is 0 Å². The number of carbonyl (C=O) groups is 3. The third-order valence-electron chi connectivity index (χ3n) is 4.66. The Balaban J connectivity index is 1.94. The molecule has 1 unspecified atom stereocenters. The van der Waals surface area contributed by atoms with Crippen molar-refractivity contribution >= 4 is 24.0 Å². The zero-order valence-corrected chi connectivity index (χ0v) is 17.0. The van der Waals surface area contributed by atoms with Crippen molar-refractivity contribution in [3.8, 4) is 5.75 Å². The molecule has 0 bridgehead atoms. The Hall–Kier alpha value is -2.82. The molecule has 1 aliphatic heterocycles. The van der Waals surface area contributed by atoms with Gasteiger partial charge in [-0.25, -0.2) is 4.99 Å². The number of nitrogens with one attached hydrogen (secondary N) is 1. The highest BCUT2D eigenvalue weighted by atomic mass is 16.5. The van der Waals surface area contributed by atoms with E-state index in [1.807, 2.05) is 4.90 Å². The largest absolute Gasteiger partial charge is 0.497 e. The molecule has 0 aliphatic carbocycles. The van der Waals surface area contributed by atoms with E-state index in [1.165, 1.54) is 26.2 Å². The molecule has 0 saturated carbocycles. The number of rotatable bonds is 9. The molecule has 0 aromatic heterocycles. The molecule has 30 heavy (non-hydrogen) atoms. The number of aliphatic carboxylic acids is 1. The van der Waals surface area contributed by atoms with Gasteiger partial charge in [-0.15, -0.1) is 0 Å². The smallest absolute Gasteiger partial charge is 0.314 e. The van der Waals surface area contributed by atoms with Crippen LogP contribution in [0.25, 0.3) is 0 Å². The molecule has 1 saturated heterocycles. The van der Waals surface area contributed by atoms with Gasteiger partial charge in [0, 0.05) is 19.3 Å². The predicted molar refractivity (Wildman–Crippen MR) is 107 cm³/mol. The number of methoxy groups -OCH3 is 1. The van der Waals surface area contributed by atoms with Crippen molar-refractivity contribution in [2.45, 2.75) is 19.1 Å². The van der Waals surface area contributed by atoms with E-state index in [9.17, 15) is 24.6 Å². The van der Waals surface area contributed by atoms with Crippen LogP contribution in [0.15, 0.2) is 29.3 Å². The summed E-state index contributed by atoms with van der Waals surface area (Å²) in [5.41, 5.74) is 0.342. The van der Waals surface area contributed by atoms with Crippen LogP contribution in [0.5, 0.6) is 5.75 Å². The molecule has 3 atom stereocenters. The van der Waals surface area contributed by atoms with Gasteiger partial charge in [-0.2, -0.15) is 0 Å². The number of nitrogens with zero attached hydrogens (tertiary/aromatic N) is 2. The first kappa shape index (κ1) is 23.5. The molecule has 0 radical (unpaired) electrons. The number of carboxylic acid groups (broad SMARTS) is 1. The highest BCUT2D eigenvalue weighted by molar-refractivity contribution is 5.97. The van der Waals surface area contributed by atoms with Gasteiger partial charge < -0.3 is 25.0 Å². The number of ether oxygens (including phenoxy) is 2. The van der Waals surface area contributed by atoms with Gasteiger partial charge in [-0.3, -0.25) is 19.3 Å². The van der Waals surface area contributed by atoms with Crippen molar-refractivity contribution in [3.63, 3.8) is 0 Å². The highest BCUT2D eigenvalue weighted by Crippen LogP contribution is 2.23. The summed E-state index contributed by atoms with van der Waals surface area (Å²) in [6.45, 7) is 3.98. The van der Waals surface area contributed by atoms with Crippen molar-refractivity contribution in [3.05, 3.63) is 29.8 Å². The van der Waals surface area contributed by atoms with E-state index in [0.29, 0.717) is 37.6 Å². The Kier molecular flexibility index (Phi) is 8.90. The van der Waals surface area contributed by atoms with Crippen LogP contribution in [0, 0.1) is 5.92 Å². The summed E-state index contributed by atoms with van der Waals surface area (Å²) in [5.74, 6) is -3.25. The topological polar surface area (TPSA) is 138 Å². The second-order valence-electron chi connectivity index (χ2n) is 6.88. The Morgan fingerprint density at radius 2 is 1.90 bits per heavy atom. The van der Waals surface area contributed by atoms with E-state index in [-0.39, 0.29) is 12.5 Å². The van der Waals surface area contributed by atoms with Gasteiger partial charge in [0.2, 0.25) is 5.91 Å². The SMILES string of the molecule is COc1ccc([C@@H](O)C(C=NC(=O)[C@H](C)NC(=O)CN2CCOCC2)C(=O)O)cc1. The van der Waals surface area contributed by atoms with Crippen LogP contribution >= 0.6 is 0 Å². The standard InChI is InChI=1S/C20H27N3O7/c1-13(22-17(24)12-23-7-9-30-10-8-23)19(26)21-11-16(20(27)28)18(25)14-3-5-15(29-2)6-4-14/h3-6,11,13,16,18,25H,7-10,12H2,1-2H3,(H,22,24)(H,27,28)/t13-,16?,18+/m0/s1. The molecule has 1 heterocycles. The predicted octanol–water partition coefficient (Wildman–Crippen LogP) is -0.136. The van der Waals surface area contributed by atoms with Gasteiger partial charge in [-0.05, 0) is 24.6 Å². The molecular formula is C20H27N3O7. The van der Waals surface area contributed by atoms with Crippen molar-refractivity contribution < 1.29 is 34.1 Å². The molecule has 10 nitrogen and oxygen atoms in total. The second-order valence-corrected chi connectivity index (χ2v) is 6.88. The summed E-state index contributed by atoms with van der Waals surface area (Å²) < 4.78 is 10.2. The van der Waals surface area contributed by atoms with Crippen molar-refractivity contribution in [1.82, 2.24) is 10.2 Å². The summed E-state index contributed by atoms with van der Waals surface area (Å²) in [5, 5.41) is 22.3. The van der Waals surface area contributed by atoms with E-state index in [4.69, 9.17) is 9.47 Å². The van der Waals surface area contributed by atoms with Gasteiger partial charge in [0.25, 0.3) is 5.91 Å². The van der Waals surface area contributed by atoms with E-state index < -0.39 is 29.9 Å². The number of amides is 2. The summed E-state index contributed by atoms with van der Waals surface area (Å²) in [4.78, 5) is 41.4. The molecule has 0 spiro atoms. The number of morpholine rings is 1. The number of aliphatic hydroxyl groups is 1. The first-order valence-corrected chi connectivity index (χ1v) is 9.54. The second kappa shape index (κ2) is 11.4. The summed E-state index contributed by atoms with van der Waals surface area (Å²) in [6.07, 6.45) is -0.513. The van der Waals surface area contributed by atoms with Crippen LogP contribution in [-0.2, 0) is 19.1 Å². The van der Waals surface area contributed by atoms with E-state index in [0.717, 1.165) is 6.21 Å². The fourth-order valence-corrected chi connectivity index (χ4v) is 2.87. The minimum atomic E-state index is -1.43. The molecule has 1 aliphatic rings. The maximum absolute atomic E-state index is 12.2. The molecule has 1 aromatic carbocycles. The number of hydrogen-bond acceptors (Lipinski definition) is 7. The van der Waals surface area contributed by atoms with Crippen LogP contribution in [0.2, 0.25) is 0 Å². The maximum atomic E-state index is 12.2. The number of benzene rings is 1. The highest BCUT2D eigenvalue weighted by Gasteiger charge is 2.27. The van der Waals surface area contributed by atoms with Gasteiger partial charge in [-0.1, -0.05) is 12.1 Å². The molecule has 1 aromatic rings. The number of carbonyl (C=O) groups excluding carboxylic acids is 2. The average molecular weight is 421 g/mol. The fraction of sp³-hybridized carbons (Fsp3) is 0.500. The van der Waals surface area contributed by atoms with Crippen molar-refractivity contribution in [2.24, 2.45) is 10.9 Å². The quantitative estimate of drug-likeness (QED) is 0.469.